The second-order valence-corrected chi connectivity index (χ2v) is 12.6. The molecule has 3 aliphatic heterocycles. The van der Waals surface area contributed by atoms with Gasteiger partial charge in [-0.25, -0.2) is 0 Å². The van der Waals surface area contributed by atoms with Gasteiger partial charge in [0.1, 0.15) is 0 Å². The van der Waals surface area contributed by atoms with Crippen LogP contribution in [0.5, 0.6) is 0 Å². The van der Waals surface area contributed by atoms with Crippen LogP contribution in [0.3, 0.4) is 0 Å². The number of hydrogen-bond acceptors (Lipinski definition) is 6. The zero-order valence-corrected chi connectivity index (χ0v) is 23.0. The lowest BCUT2D eigenvalue weighted by Crippen LogP contribution is -2.74. The van der Waals surface area contributed by atoms with E-state index in [0.29, 0.717) is 25.0 Å². The molecule has 5 rings (SSSR count). The number of carbonyl (C=O) groups is 2. The number of carbonyl (C=O) groups excluding carboxylic acids is 2. The molecular formula is C29H51N5O3. The number of hydrogen-bond donors (Lipinski definition) is 3. The summed E-state index contributed by atoms with van der Waals surface area (Å²) in [5.41, 5.74) is 6.89. The van der Waals surface area contributed by atoms with Crippen LogP contribution in [0.4, 0.5) is 0 Å². The number of methoxy groups -OCH3 is 1. The predicted octanol–water partition coefficient (Wildman–Crippen LogP) is 3.16. The van der Waals surface area contributed by atoms with Gasteiger partial charge in [0.25, 0.3) is 0 Å². The highest BCUT2D eigenvalue weighted by Gasteiger charge is 2.52. The highest BCUT2D eigenvalue weighted by Crippen LogP contribution is 2.37. The third-order valence-corrected chi connectivity index (χ3v) is 10.3. The van der Waals surface area contributed by atoms with Crippen molar-refractivity contribution in [1.29, 1.82) is 0 Å². The molecule has 3 saturated heterocycles. The van der Waals surface area contributed by atoms with Crippen molar-refractivity contribution < 1.29 is 14.3 Å². The van der Waals surface area contributed by atoms with Gasteiger partial charge >= 0.3 is 0 Å². The summed E-state index contributed by atoms with van der Waals surface area (Å²) in [7, 11) is 1.81. The standard InChI is InChI=1S/C29H51N5O3/c1-37-22-12-10-21(11-13-22)14-16-31-28(35)23-19-24-27(32-25-9-5-6-17-33(25)29(24)36)34(26(23)30)18-15-20-7-3-2-4-8-20/h20-27,32H,2-19,30H2,1H3,(H,31,35). The second kappa shape index (κ2) is 12.8. The van der Waals surface area contributed by atoms with Crippen molar-refractivity contribution in [3.05, 3.63) is 0 Å². The Balaban J connectivity index is 1.22. The molecule has 210 valence electrons. The fourth-order valence-corrected chi connectivity index (χ4v) is 7.96. The van der Waals surface area contributed by atoms with Crippen molar-refractivity contribution >= 4 is 11.8 Å². The lowest BCUT2D eigenvalue weighted by atomic mass is 9.79. The lowest BCUT2D eigenvalue weighted by molar-refractivity contribution is -0.162. The molecule has 0 bridgehead atoms. The van der Waals surface area contributed by atoms with Crippen LogP contribution in [0.15, 0.2) is 0 Å². The van der Waals surface area contributed by atoms with Gasteiger partial charge in [-0.15, -0.1) is 0 Å². The number of fused-ring (bicyclic) bond motifs is 2. The number of likely N-dealkylation sites (tertiary alicyclic amines) is 1. The third-order valence-electron chi connectivity index (χ3n) is 10.3. The van der Waals surface area contributed by atoms with Crippen LogP contribution in [0, 0.1) is 23.7 Å². The molecule has 37 heavy (non-hydrogen) atoms. The minimum absolute atomic E-state index is 0.0350. The Morgan fingerprint density at radius 2 is 1.73 bits per heavy atom. The zero-order chi connectivity index (χ0) is 25.8. The van der Waals surface area contributed by atoms with Crippen molar-refractivity contribution in [3.8, 4) is 0 Å². The smallest absolute Gasteiger partial charge is 0.229 e. The van der Waals surface area contributed by atoms with Crippen molar-refractivity contribution in [2.75, 3.05) is 26.7 Å². The molecule has 5 unspecified atom stereocenters. The van der Waals surface area contributed by atoms with Gasteiger partial charge in [0, 0.05) is 26.7 Å². The first-order valence-electron chi connectivity index (χ1n) is 15.4. The van der Waals surface area contributed by atoms with E-state index in [0.717, 1.165) is 64.0 Å². The summed E-state index contributed by atoms with van der Waals surface area (Å²) in [6.07, 6.45) is 17.2. The fraction of sp³-hybridized carbons (Fsp3) is 0.931. The molecule has 0 aromatic rings. The van der Waals surface area contributed by atoms with Crippen LogP contribution in [0.1, 0.15) is 96.3 Å². The molecule has 0 aromatic heterocycles. The third kappa shape index (κ3) is 6.34. The Morgan fingerprint density at radius 3 is 2.49 bits per heavy atom. The van der Waals surface area contributed by atoms with E-state index >= 15 is 0 Å². The predicted molar refractivity (Wildman–Crippen MR) is 144 cm³/mol. The Labute approximate surface area is 223 Å². The van der Waals surface area contributed by atoms with E-state index in [-0.39, 0.29) is 42.1 Å². The van der Waals surface area contributed by atoms with Gasteiger partial charge in [-0.3, -0.25) is 19.8 Å². The molecule has 0 radical (unpaired) electrons. The quantitative estimate of drug-likeness (QED) is 0.457. The SMILES string of the molecule is COC1CCC(CCNC(=O)C2CC3C(=O)N4CCCCC4NC3N(CCC3CCCCC3)C2N)CC1. The summed E-state index contributed by atoms with van der Waals surface area (Å²) >= 11 is 0. The van der Waals surface area contributed by atoms with Crippen LogP contribution < -0.4 is 16.4 Å². The summed E-state index contributed by atoms with van der Waals surface area (Å²) in [5, 5.41) is 7.04. The highest BCUT2D eigenvalue weighted by molar-refractivity contribution is 5.84. The van der Waals surface area contributed by atoms with Gasteiger partial charge < -0.3 is 20.7 Å². The first-order valence-corrected chi connectivity index (χ1v) is 15.4. The maximum absolute atomic E-state index is 13.7. The van der Waals surface area contributed by atoms with Gasteiger partial charge in [-0.1, -0.05) is 32.1 Å². The summed E-state index contributed by atoms with van der Waals surface area (Å²) in [4.78, 5) is 31.5. The van der Waals surface area contributed by atoms with Crippen LogP contribution in [-0.4, -0.2) is 73.0 Å². The number of piperidine rings is 2. The molecule has 4 N–H and O–H groups in total. The highest BCUT2D eigenvalue weighted by atomic mass is 16.5. The molecular weight excluding hydrogens is 466 g/mol. The Bertz CT molecular complexity index is 767. The Hall–Kier alpha value is -1.22. The molecule has 5 atom stereocenters. The molecule has 2 aliphatic carbocycles. The topological polar surface area (TPSA) is 99.9 Å². The normalized spacial score (nSPS) is 37.6. The largest absolute Gasteiger partial charge is 0.381 e. The molecule has 2 amide bonds. The summed E-state index contributed by atoms with van der Waals surface area (Å²) in [6.45, 7) is 2.39. The summed E-state index contributed by atoms with van der Waals surface area (Å²) < 4.78 is 5.50. The number of amides is 2. The molecule has 5 aliphatic rings. The average molecular weight is 518 g/mol. The van der Waals surface area contributed by atoms with Gasteiger partial charge in [0.2, 0.25) is 11.8 Å². The van der Waals surface area contributed by atoms with Gasteiger partial charge in [-0.2, -0.15) is 0 Å². The lowest BCUT2D eigenvalue weighted by Gasteiger charge is -2.55. The Morgan fingerprint density at radius 1 is 1.00 bits per heavy atom. The number of ether oxygens (including phenoxy) is 1. The summed E-state index contributed by atoms with van der Waals surface area (Å²) in [5.74, 6) is 1.13. The molecule has 8 nitrogen and oxygen atoms in total. The average Bonchev–Trinajstić information content (AvgIpc) is 2.93. The van der Waals surface area contributed by atoms with Crippen molar-refractivity contribution in [1.82, 2.24) is 20.4 Å². The maximum atomic E-state index is 13.7. The summed E-state index contributed by atoms with van der Waals surface area (Å²) in [6, 6.07) is 0. The van der Waals surface area contributed by atoms with Crippen molar-refractivity contribution in [2.24, 2.45) is 29.4 Å². The van der Waals surface area contributed by atoms with Crippen molar-refractivity contribution in [2.45, 2.75) is 121 Å². The molecule has 0 spiro atoms. The van der Waals surface area contributed by atoms with E-state index in [2.05, 4.69) is 15.5 Å². The van der Waals surface area contributed by atoms with E-state index in [9.17, 15) is 9.59 Å². The van der Waals surface area contributed by atoms with Crippen LogP contribution in [-0.2, 0) is 14.3 Å². The minimum Gasteiger partial charge on any atom is -0.381 e. The van der Waals surface area contributed by atoms with E-state index in [1.54, 1.807) is 7.11 Å². The van der Waals surface area contributed by atoms with Gasteiger partial charge in [0.05, 0.1) is 36.4 Å². The van der Waals surface area contributed by atoms with Crippen molar-refractivity contribution in [3.63, 3.8) is 0 Å². The van der Waals surface area contributed by atoms with Gasteiger partial charge in [-0.05, 0) is 76.0 Å². The number of nitrogens with two attached hydrogens (primary N) is 1. The Kier molecular flexibility index (Phi) is 9.43. The van der Waals surface area contributed by atoms with E-state index in [1.807, 2.05) is 4.90 Å². The molecule has 2 saturated carbocycles. The zero-order valence-electron chi connectivity index (χ0n) is 23.0. The number of nitrogens with zero attached hydrogens (tertiary/aromatic N) is 2. The first kappa shape index (κ1) is 27.4. The molecule has 8 heteroatoms. The molecule has 5 fully saturated rings. The first-order chi connectivity index (χ1) is 18.0. The number of rotatable bonds is 8. The second-order valence-electron chi connectivity index (χ2n) is 12.6. The van der Waals surface area contributed by atoms with E-state index in [1.165, 1.54) is 44.9 Å². The maximum Gasteiger partial charge on any atom is 0.229 e. The fourth-order valence-electron chi connectivity index (χ4n) is 7.96. The van der Waals surface area contributed by atoms with Gasteiger partial charge in [0.15, 0.2) is 0 Å². The number of nitrogens with one attached hydrogen (secondary N) is 2. The van der Waals surface area contributed by atoms with E-state index in [4.69, 9.17) is 10.5 Å². The van der Waals surface area contributed by atoms with Crippen LogP contribution in [0.25, 0.3) is 0 Å². The van der Waals surface area contributed by atoms with Crippen LogP contribution >= 0.6 is 0 Å². The monoisotopic (exact) mass is 517 g/mol. The van der Waals surface area contributed by atoms with E-state index < -0.39 is 0 Å². The minimum atomic E-state index is -0.350. The van der Waals surface area contributed by atoms with Crippen LogP contribution in [0.2, 0.25) is 0 Å². The molecule has 0 aromatic carbocycles. The molecule has 3 heterocycles.